The molecule has 5 rings (SSSR count). The van der Waals surface area contributed by atoms with Crippen LogP contribution < -0.4 is 5.32 Å². The second-order valence-electron chi connectivity index (χ2n) is 8.00. The van der Waals surface area contributed by atoms with Crippen LogP contribution in [0.3, 0.4) is 0 Å². The van der Waals surface area contributed by atoms with E-state index >= 15 is 0 Å². The standard InChI is InChI=1S/C21H22N2O2/c1-12-3-2-4-15(9-12)21-20-14-6-5-13(10-14)19(20)17-11-16(23(24)25)7-8-18(17)22-21/h2-4,7-9,11,13-14,19-22H,5-6,10H2,1H3/t13-,14-,19-,20+,21-/m0/s1. The van der Waals surface area contributed by atoms with Gasteiger partial charge in [-0.15, -0.1) is 0 Å². The van der Waals surface area contributed by atoms with Gasteiger partial charge in [0.2, 0.25) is 0 Å². The number of nitro groups is 1. The minimum absolute atomic E-state index is 0.219. The summed E-state index contributed by atoms with van der Waals surface area (Å²) in [6.07, 6.45) is 3.86. The van der Waals surface area contributed by atoms with Gasteiger partial charge in [0.1, 0.15) is 0 Å². The van der Waals surface area contributed by atoms with Crippen LogP contribution in [0.15, 0.2) is 42.5 Å². The fourth-order valence-corrected chi connectivity index (χ4v) is 5.78. The van der Waals surface area contributed by atoms with Gasteiger partial charge in [-0.2, -0.15) is 0 Å². The third kappa shape index (κ3) is 2.20. The number of non-ortho nitro benzene ring substituents is 1. The van der Waals surface area contributed by atoms with Crippen molar-refractivity contribution in [2.75, 3.05) is 5.32 Å². The van der Waals surface area contributed by atoms with E-state index in [4.69, 9.17) is 0 Å². The molecule has 3 aliphatic rings. The first kappa shape index (κ1) is 14.9. The second kappa shape index (κ2) is 5.32. The zero-order valence-corrected chi connectivity index (χ0v) is 14.3. The summed E-state index contributed by atoms with van der Waals surface area (Å²) in [4.78, 5) is 11.0. The van der Waals surface area contributed by atoms with E-state index in [1.54, 1.807) is 6.07 Å². The van der Waals surface area contributed by atoms with Crippen LogP contribution in [0, 0.1) is 34.8 Å². The van der Waals surface area contributed by atoms with E-state index < -0.39 is 0 Å². The van der Waals surface area contributed by atoms with E-state index in [2.05, 4.69) is 36.5 Å². The molecule has 2 aromatic rings. The number of nitrogens with zero attached hydrogens (tertiary/aromatic N) is 1. The number of aryl methyl sites for hydroxylation is 1. The van der Waals surface area contributed by atoms with E-state index in [-0.39, 0.29) is 10.6 Å². The molecular formula is C21H22N2O2. The molecule has 128 valence electrons. The zero-order valence-electron chi connectivity index (χ0n) is 14.3. The average molecular weight is 334 g/mol. The highest BCUT2D eigenvalue weighted by Gasteiger charge is 2.54. The molecule has 4 nitrogen and oxygen atoms in total. The summed E-state index contributed by atoms with van der Waals surface area (Å²) in [5, 5.41) is 15.0. The number of fused-ring (bicyclic) bond motifs is 7. The molecule has 2 bridgehead atoms. The summed E-state index contributed by atoms with van der Waals surface area (Å²) in [7, 11) is 0. The highest BCUT2D eigenvalue weighted by molar-refractivity contribution is 5.62. The van der Waals surface area contributed by atoms with Crippen LogP contribution in [0.4, 0.5) is 11.4 Å². The Morgan fingerprint density at radius 3 is 2.76 bits per heavy atom. The lowest BCUT2D eigenvalue weighted by molar-refractivity contribution is -0.384. The van der Waals surface area contributed by atoms with Gasteiger partial charge in [0.15, 0.2) is 0 Å². The Hall–Kier alpha value is -2.36. The first-order chi connectivity index (χ1) is 12.1. The normalized spacial score (nSPS) is 32.0. The van der Waals surface area contributed by atoms with E-state index in [0.29, 0.717) is 23.8 Å². The van der Waals surface area contributed by atoms with Crippen LogP contribution in [-0.2, 0) is 0 Å². The topological polar surface area (TPSA) is 55.2 Å². The molecular weight excluding hydrogens is 312 g/mol. The monoisotopic (exact) mass is 334 g/mol. The number of rotatable bonds is 2. The third-order valence-electron chi connectivity index (χ3n) is 6.68. The number of hydrogen-bond acceptors (Lipinski definition) is 3. The molecule has 1 aliphatic heterocycles. The fourth-order valence-electron chi connectivity index (χ4n) is 5.78. The number of hydrogen-bond donors (Lipinski definition) is 1. The molecule has 0 aromatic heterocycles. The molecule has 2 fully saturated rings. The molecule has 5 atom stereocenters. The molecule has 4 heteroatoms. The van der Waals surface area contributed by atoms with Crippen molar-refractivity contribution in [1.82, 2.24) is 0 Å². The summed E-state index contributed by atoms with van der Waals surface area (Å²) in [6.45, 7) is 2.14. The smallest absolute Gasteiger partial charge is 0.269 e. The van der Waals surface area contributed by atoms with E-state index in [9.17, 15) is 10.1 Å². The van der Waals surface area contributed by atoms with Crippen molar-refractivity contribution in [3.05, 3.63) is 69.3 Å². The molecule has 0 radical (unpaired) electrons. The third-order valence-corrected chi connectivity index (χ3v) is 6.68. The van der Waals surface area contributed by atoms with Crippen molar-refractivity contribution in [3.8, 4) is 0 Å². The first-order valence-corrected chi connectivity index (χ1v) is 9.23. The van der Waals surface area contributed by atoms with Crippen molar-refractivity contribution in [3.63, 3.8) is 0 Å². The number of nitro benzene ring substituents is 1. The number of anilines is 1. The van der Waals surface area contributed by atoms with Crippen molar-refractivity contribution >= 4 is 11.4 Å². The Balaban J connectivity index is 1.64. The maximum absolute atomic E-state index is 11.2. The van der Waals surface area contributed by atoms with Crippen LogP contribution in [0.2, 0.25) is 0 Å². The lowest BCUT2D eigenvalue weighted by Gasteiger charge is -2.43. The largest absolute Gasteiger partial charge is 0.378 e. The molecule has 1 N–H and O–H groups in total. The minimum atomic E-state index is -0.269. The Bertz CT molecular complexity index is 863. The SMILES string of the molecule is Cc1cccc([C@@H]2Nc3ccc([N+](=O)[O-])cc3[C@@H]3[C@H]4CC[C@@H](C4)[C@H]32)c1. The average Bonchev–Trinajstić information content (AvgIpc) is 3.22. The van der Waals surface area contributed by atoms with Crippen LogP contribution >= 0.6 is 0 Å². The Morgan fingerprint density at radius 2 is 1.96 bits per heavy atom. The Labute approximate surface area is 147 Å². The summed E-state index contributed by atoms with van der Waals surface area (Å²) >= 11 is 0. The highest BCUT2D eigenvalue weighted by Crippen LogP contribution is 2.63. The van der Waals surface area contributed by atoms with Gasteiger partial charge in [-0.05, 0) is 67.1 Å². The van der Waals surface area contributed by atoms with Gasteiger partial charge in [-0.25, -0.2) is 0 Å². The fraction of sp³-hybridized carbons (Fsp3) is 0.429. The summed E-state index contributed by atoms with van der Waals surface area (Å²) in [6, 6.07) is 14.5. The minimum Gasteiger partial charge on any atom is -0.378 e. The van der Waals surface area contributed by atoms with Gasteiger partial charge in [-0.3, -0.25) is 10.1 Å². The molecule has 2 aromatic carbocycles. The molecule has 1 heterocycles. The van der Waals surface area contributed by atoms with Crippen molar-refractivity contribution < 1.29 is 4.92 Å². The van der Waals surface area contributed by atoms with Crippen molar-refractivity contribution in [1.29, 1.82) is 0 Å². The van der Waals surface area contributed by atoms with E-state index in [1.165, 1.54) is 36.0 Å². The summed E-state index contributed by atoms with van der Waals surface area (Å²) in [5.74, 6) is 2.43. The maximum atomic E-state index is 11.2. The van der Waals surface area contributed by atoms with Gasteiger partial charge >= 0.3 is 0 Å². The molecule has 0 spiro atoms. The van der Waals surface area contributed by atoms with E-state index in [1.807, 2.05) is 12.1 Å². The predicted octanol–water partition coefficient (Wildman–Crippen LogP) is 5.20. The summed E-state index contributed by atoms with van der Waals surface area (Å²) in [5.41, 5.74) is 5.12. The van der Waals surface area contributed by atoms with Crippen LogP contribution in [0.1, 0.15) is 47.9 Å². The van der Waals surface area contributed by atoms with Crippen LogP contribution in [0.5, 0.6) is 0 Å². The molecule has 2 aliphatic carbocycles. The predicted molar refractivity (Wildman–Crippen MR) is 97.7 cm³/mol. The number of nitrogens with one attached hydrogen (secondary N) is 1. The van der Waals surface area contributed by atoms with Gasteiger partial charge < -0.3 is 5.32 Å². The molecule has 25 heavy (non-hydrogen) atoms. The van der Waals surface area contributed by atoms with Gasteiger partial charge in [0, 0.05) is 17.8 Å². The summed E-state index contributed by atoms with van der Waals surface area (Å²) < 4.78 is 0. The maximum Gasteiger partial charge on any atom is 0.269 e. The number of benzene rings is 2. The van der Waals surface area contributed by atoms with Crippen LogP contribution in [0.25, 0.3) is 0 Å². The van der Waals surface area contributed by atoms with E-state index in [0.717, 1.165) is 11.6 Å². The second-order valence-corrected chi connectivity index (χ2v) is 8.00. The van der Waals surface area contributed by atoms with Gasteiger partial charge in [0.25, 0.3) is 5.69 Å². The van der Waals surface area contributed by atoms with Crippen LogP contribution in [-0.4, -0.2) is 4.92 Å². The van der Waals surface area contributed by atoms with Gasteiger partial charge in [0.05, 0.1) is 11.0 Å². The molecule has 0 saturated heterocycles. The Morgan fingerprint density at radius 1 is 1.12 bits per heavy atom. The van der Waals surface area contributed by atoms with Crippen molar-refractivity contribution in [2.45, 2.75) is 38.1 Å². The molecule has 0 amide bonds. The first-order valence-electron chi connectivity index (χ1n) is 9.23. The Kier molecular flexibility index (Phi) is 3.18. The molecule has 2 saturated carbocycles. The highest BCUT2D eigenvalue weighted by atomic mass is 16.6. The lowest BCUT2D eigenvalue weighted by Crippen LogP contribution is -2.35. The van der Waals surface area contributed by atoms with Gasteiger partial charge in [-0.1, -0.05) is 29.8 Å². The quantitative estimate of drug-likeness (QED) is 0.606. The molecule has 0 unspecified atom stereocenters. The van der Waals surface area contributed by atoms with Crippen molar-refractivity contribution in [2.24, 2.45) is 17.8 Å². The lowest BCUT2D eigenvalue weighted by atomic mass is 9.68. The zero-order chi connectivity index (χ0) is 17.1.